The van der Waals surface area contributed by atoms with Crippen LogP contribution in [0.25, 0.3) is 15.9 Å². The van der Waals surface area contributed by atoms with Crippen LogP contribution in [0.15, 0.2) is 54.7 Å². The number of thiazole rings is 1. The minimum atomic E-state index is -0.388. The number of amides is 2. The van der Waals surface area contributed by atoms with E-state index in [2.05, 4.69) is 20.7 Å². The Balaban J connectivity index is 1.52. The van der Waals surface area contributed by atoms with Crippen molar-refractivity contribution < 1.29 is 14.0 Å². The summed E-state index contributed by atoms with van der Waals surface area (Å²) in [6, 6.07) is 12.8. The standard InChI is InChI=1S/C19H14FN5O2S/c1-11(26)21-19-23-15-6-5-13(10-17(15)28-19)22-18(27)16-7-8-25(24-16)14-4-2-3-12(20)9-14/h2-10H,1H3,(H,22,27)(H,21,23,26). The quantitative estimate of drug-likeness (QED) is 0.550. The van der Waals surface area contributed by atoms with Gasteiger partial charge < -0.3 is 10.6 Å². The van der Waals surface area contributed by atoms with Gasteiger partial charge in [0.1, 0.15) is 5.82 Å². The molecule has 0 atom stereocenters. The van der Waals surface area contributed by atoms with Gasteiger partial charge in [0.15, 0.2) is 10.8 Å². The van der Waals surface area contributed by atoms with Crippen molar-refractivity contribution in [1.29, 1.82) is 0 Å². The maximum absolute atomic E-state index is 13.4. The fourth-order valence-corrected chi connectivity index (χ4v) is 3.56. The summed E-state index contributed by atoms with van der Waals surface area (Å²) in [5, 5.41) is 10.1. The first-order chi connectivity index (χ1) is 13.5. The summed E-state index contributed by atoms with van der Waals surface area (Å²) >= 11 is 1.32. The Morgan fingerprint density at radius 1 is 1.11 bits per heavy atom. The number of halogens is 1. The predicted octanol–water partition coefficient (Wildman–Crippen LogP) is 3.83. The summed E-state index contributed by atoms with van der Waals surface area (Å²) in [5.41, 5.74) is 2.03. The molecule has 28 heavy (non-hydrogen) atoms. The van der Waals surface area contributed by atoms with E-state index < -0.39 is 0 Å². The van der Waals surface area contributed by atoms with E-state index in [-0.39, 0.29) is 23.3 Å². The summed E-state index contributed by atoms with van der Waals surface area (Å²) in [6.45, 7) is 1.42. The summed E-state index contributed by atoms with van der Waals surface area (Å²) in [4.78, 5) is 27.9. The lowest BCUT2D eigenvalue weighted by Crippen LogP contribution is -2.13. The van der Waals surface area contributed by atoms with Gasteiger partial charge >= 0.3 is 0 Å². The molecule has 0 saturated heterocycles. The number of carbonyl (C=O) groups is 2. The number of aromatic nitrogens is 3. The molecule has 7 nitrogen and oxygen atoms in total. The van der Waals surface area contributed by atoms with Crippen LogP contribution in [-0.4, -0.2) is 26.6 Å². The number of fused-ring (bicyclic) bond motifs is 1. The highest BCUT2D eigenvalue weighted by molar-refractivity contribution is 7.22. The van der Waals surface area contributed by atoms with E-state index in [1.165, 1.54) is 35.1 Å². The van der Waals surface area contributed by atoms with Crippen LogP contribution in [0.3, 0.4) is 0 Å². The Morgan fingerprint density at radius 2 is 1.96 bits per heavy atom. The zero-order valence-corrected chi connectivity index (χ0v) is 15.5. The van der Waals surface area contributed by atoms with Crippen LogP contribution in [0.4, 0.5) is 15.2 Å². The van der Waals surface area contributed by atoms with Gasteiger partial charge in [0.2, 0.25) is 5.91 Å². The van der Waals surface area contributed by atoms with Crippen molar-refractivity contribution in [2.24, 2.45) is 0 Å². The molecule has 2 aromatic carbocycles. The molecule has 0 saturated carbocycles. The molecule has 2 amide bonds. The van der Waals surface area contributed by atoms with Crippen LogP contribution in [0.5, 0.6) is 0 Å². The average Bonchev–Trinajstić information content (AvgIpc) is 3.27. The number of hydrogen-bond donors (Lipinski definition) is 2. The Bertz CT molecular complexity index is 1200. The summed E-state index contributed by atoms with van der Waals surface area (Å²) in [7, 11) is 0. The second-order valence-electron chi connectivity index (χ2n) is 5.96. The lowest BCUT2D eigenvalue weighted by Gasteiger charge is -2.03. The second-order valence-corrected chi connectivity index (χ2v) is 6.99. The first-order valence-corrected chi connectivity index (χ1v) is 9.11. The van der Waals surface area contributed by atoms with E-state index in [4.69, 9.17) is 0 Å². The molecule has 0 aliphatic carbocycles. The molecular weight excluding hydrogens is 381 g/mol. The Labute approximate surface area is 162 Å². The molecule has 0 radical (unpaired) electrons. The molecule has 9 heteroatoms. The van der Waals surface area contributed by atoms with Crippen molar-refractivity contribution in [3.8, 4) is 5.69 Å². The number of hydrogen-bond acceptors (Lipinski definition) is 5. The topological polar surface area (TPSA) is 88.9 Å². The number of nitrogens with zero attached hydrogens (tertiary/aromatic N) is 3. The number of benzene rings is 2. The van der Waals surface area contributed by atoms with Gasteiger partial charge in [-0.15, -0.1) is 0 Å². The molecule has 0 aliphatic rings. The molecule has 4 rings (SSSR count). The maximum Gasteiger partial charge on any atom is 0.276 e. The van der Waals surface area contributed by atoms with Gasteiger partial charge in [-0.1, -0.05) is 17.4 Å². The third-order valence-corrected chi connectivity index (χ3v) is 4.76. The third kappa shape index (κ3) is 3.74. The molecule has 4 aromatic rings. The van der Waals surface area contributed by atoms with Crippen LogP contribution in [0.1, 0.15) is 17.4 Å². The Kier molecular flexibility index (Phi) is 4.58. The van der Waals surface area contributed by atoms with Crippen LogP contribution in [0, 0.1) is 5.82 Å². The van der Waals surface area contributed by atoms with Crippen LogP contribution < -0.4 is 10.6 Å². The summed E-state index contributed by atoms with van der Waals surface area (Å²) in [5.74, 6) is -0.960. The first-order valence-electron chi connectivity index (χ1n) is 8.29. The monoisotopic (exact) mass is 395 g/mol. The number of anilines is 2. The van der Waals surface area contributed by atoms with Crippen molar-refractivity contribution in [1.82, 2.24) is 14.8 Å². The summed E-state index contributed by atoms with van der Waals surface area (Å²) in [6.07, 6.45) is 1.59. The first kappa shape index (κ1) is 17.8. The van der Waals surface area contributed by atoms with E-state index in [0.29, 0.717) is 16.5 Å². The van der Waals surface area contributed by atoms with E-state index in [9.17, 15) is 14.0 Å². The van der Waals surface area contributed by atoms with Crippen LogP contribution in [0.2, 0.25) is 0 Å². The van der Waals surface area contributed by atoms with Gasteiger partial charge in [0.25, 0.3) is 5.91 Å². The second kappa shape index (κ2) is 7.20. The molecule has 0 spiro atoms. The smallest absolute Gasteiger partial charge is 0.276 e. The molecule has 0 bridgehead atoms. The molecule has 2 aromatic heterocycles. The average molecular weight is 395 g/mol. The zero-order valence-electron chi connectivity index (χ0n) is 14.6. The molecular formula is C19H14FN5O2S. The van der Waals surface area contributed by atoms with E-state index in [1.807, 2.05) is 0 Å². The van der Waals surface area contributed by atoms with Gasteiger partial charge in [-0.2, -0.15) is 5.10 Å². The third-order valence-electron chi connectivity index (χ3n) is 3.82. The van der Waals surface area contributed by atoms with Gasteiger partial charge in [0.05, 0.1) is 15.9 Å². The maximum atomic E-state index is 13.4. The van der Waals surface area contributed by atoms with E-state index in [0.717, 1.165) is 10.2 Å². The number of carbonyl (C=O) groups excluding carboxylic acids is 2. The largest absolute Gasteiger partial charge is 0.321 e. The van der Waals surface area contributed by atoms with E-state index >= 15 is 0 Å². The number of nitrogens with one attached hydrogen (secondary N) is 2. The van der Waals surface area contributed by atoms with Crippen molar-refractivity contribution in [3.63, 3.8) is 0 Å². The minimum Gasteiger partial charge on any atom is -0.321 e. The van der Waals surface area contributed by atoms with Crippen LogP contribution in [-0.2, 0) is 4.79 Å². The van der Waals surface area contributed by atoms with Gasteiger partial charge in [-0.25, -0.2) is 14.1 Å². The Hall–Kier alpha value is -3.59. The molecule has 2 N–H and O–H groups in total. The fourth-order valence-electron chi connectivity index (χ4n) is 2.61. The molecule has 140 valence electrons. The minimum absolute atomic E-state index is 0.193. The molecule has 2 heterocycles. The highest BCUT2D eigenvalue weighted by atomic mass is 32.1. The van der Waals surface area contributed by atoms with E-state index in [1.54, 1.807) is 42.6 Å². The fraction of sp³-hybridized carbons (Fsp3) is 0.0526. The highest BCUT2D eigenvalue weighted by Crippen LogP contribution is 2.28. The highest BCUT2D eigenvalue weighted by Gasteiger charge is 2.12. The zero-order chi connectivity index (χ0) is 19.7. The molecule has 0 aliphatic heterocycles. The van der Waals surface area contributed by atoms with Crippen molar-refractivity contribution in [2.45, 2.75) is 6.92 Å². The van der Waals surface area contributed by atoms with Crippen molar-refractivity contribution >= 4 is 44.2 Å². The summed E-state index contributed by atoms with van der Waals surface area (Å²) < 4.78 is 15.6. The number of rotatable bonds is 4. The molecule has 0 unspecified atom stereocenters. The SMILES string of the molecule is CC(=O)Nc1nc2ccc(NC(=O)c3ccn(-c4cccc(F)c4)n3)cc2s1. The molecule has 0 fully saturated rings. The lowest BCUT2D eigenvalue weighted by molar-refractivity contribution is -0.114. The van der Waals surface area contributed by atoms with Crippen molar-refractivity contribution in [3.05, 3.63) is 66.2 Å². The lowest BCUT2D eigenvalue weighted by atomic mass is 10.3. The Morgan fingerprint density at radius 3 is 2.75 bits per heavy atom. The van der Waals surface area contributed by atoms with Gasteiger partial charge in [-0.05, 0) is 42.5 Å². The van der Waals surface area contributed by atoms with Crippen LogP contribution >= 0.6 is 11.3 Å². The van der Waals surface area contributed by atoms with Gasteiger partial charge in [0, 0.05) is 18.8 Å². The van der Waals surface area contributed by atoms with Crippen molar-refractivity contribution in [2.75, 3.05) is 10.6 Å². The predicted molar refractivity (Wildman–Crippen MR) is 105 cm³/mol. The normalized spacial score (nSPS) is 10.8. The van der Waals surface area contributed by atoms with Gasteiger partial charge in [-0.3, -0.25) is 9.59 Å².